The average molecular weight is 254 g/mol. The van der Waals surface area contributed by atoms with Crippen molar-refractivity contribution in [3.05, 3.63) is 12.4 Å². The molecule has 0 saturated heterocycles. The van der Waals surface area contributed by atoms with Gasteiger partial charge in [-0.3, -0.25) is 0 Å². The first-order valence-electron chi connectivity index (χ1n) is 6.78. The molecule has 0 aliphatic heterocycles. The van der Waals surface area contributed by atoms with E-state index in [1.807, 2.05) is 12.4 Å². The van der Waals surface area contributed by atoms with E-state index in [0.29, 0.717) is 6.61 Å². The van der Waals surface area contributed by atoms with E-state index in [2.05, 4.69) is 33.6 Å². The molecule has 0 bridgehead atoms. The van der Waals surface area contributed by atoms with Gasteiger partial charge in [0.1, 0.15) is 0 Å². The highest BCUT2D eigenvalue weighted by atomic mass is 16.5. The van der Waals surface area contributed by atoms with Gasteiger partial charge in [-0.15, -0.1) is 0 Å². The Kier molecular flexibility index (Phi) is 7.44. The molecule has 18 heavy (non-hydrogen) atoms. The second-order valence-electron chi connectivity index (χ2n) is 4.24. The largest absolute Gasteiger partial charge is 0.383 e. The highest BCUT2D eigenvalue weighted by Crippen LogP contribution is 2.04. The highest BCUT2D eigenvalue weighted by molar-refractivity contribution is 5.25. The van der Waals surface area contributed by atoms with Crippen LogP contribution in [0.3, 0.4) is 0 Å². The molecular weight excluding hydrogens is 228 g/mol. The second-order valence-corrected chi connectivity index (χ2v) is 4.24. The quantitative estimate of drug-likeness (QED) is 0.645. The van der Waals surface area contributed by atoms with E-state index in [1.54, 1.807) is 7.11 Å². The molecule has 1 aromatic heterocycles. The molecule has 0 aliphatic rings. The zero-order valence-corrected chi connectivity index (χ0v) is 11.9. The van der Waals surface area contributed by atoms with Gasteiger partial charge >= 0.3 is 0 Å². The first-order chi connectivity index (χ1) is 8.81. The zero-order chi connectivity index (χ0) is 13.2. The van der Waals surface area contributed by atoms with E-state index >= 15 is 0 Å². The predicted octanol–water partition coefficient (Wildman–Crippen LogP) is 1.67. The summed E-state index contributed by atoms with van der Waals surface area (Å²) in [5.41, 5.74) is 0. The number of hydrogen-bond donors (Lipinski definition) is 1. The lowest BCUT2D eigenvalue weighted by atomic mass is 10.3. The van der Waals surface area contributed by atoms with Crippen LogP contribution in [-0.4, -0.2) is 54.3 Å². The molecule has 1 N–H and O–H groups in total. The highest BCUT2D eigenvalue weighted by Gasteiger charge is 2.02. The van der Waals surface area contributed by atoms with E-state index in [1.165, 1.54) is 0 Å². The first-order valence-corrected chi connectivity index (χ1v) is 6.78. The Labute approximate surface area is 110 Å². The van der Waals surface area contributed by atoms with Gasteiger partial charge in [0.2, 0.25) is 5.95 Å². The Balaban J connectivity index is 2.24. The van der Waals surface area contributed by atoms with Crippen LogP contribution in [0.4, 0.5) is 5.95 Å². The van der Waals surface area contributed by atoms with Crippen LogP contribution in [0.1, 0.15) is 20.3 Å². The van der Waals surface area contributed by atoms with Gasteiger partial charge in [-0.2, -0.15) is 0 Å². The monoisotopic (exact) mass is 254 g/mol. The molecule has 0 aliphatic carbocycles. The number of methoxy groups -OCH3 is 1. The molecule has 0 amide bonds. The van der Waals surface area contributed by atoms with Crippen LogP contribution in [-0.2, 0) is 11.3 Å². The summed E-state index contributed by atoms with van der Waals surface area (Å²) in [5, 5.41) is 3.38. The maximum atomic E-state index is 5.07. The number of nitrogens with zero attached hydrogens (tertiary/aromatic N) is 3. The number of nitrogens with one attached hydrogen (secondary N) is 1. The van der Waals surface area contributed by atoms with Crippen LogP contribution in [0.2, 0.25) is 0 Å². The normalized spacial score (nSPS) is 11.1. The van der Waals surface area contributed by atoms with Gasteiger partial charge in [-0.25, -0.2) is 4.98 Å². The Morgan fingerprint density at radius 3 is 2.83 bits per heavy atom. The van der Waals surface area contributed by atoms with Crippen LogP contribution < -0.4 is 5.32 Å². The van der Waals surface area contributed by atoms with Crippen molar-refractivity contribution in [3.63, 3.8) is 0 Å². The van der Waals surface area contributed by atoms with Crippen molar-refractivity contribution in [2.45, 2.75) is 26.8 Å². The maximum absolute atomic E-state index is 5.07. The summed E-state index contributed by atoms with van der Waals surface area (Å²) in [7, 11) is 1.72. The fourth-order valence-electron chi connectivity index (χ4n) is 1.89. The summed E-state index contributed by atoms with van der Waals surface area (Å²) in [4.78, 5) is 6.74. The topological polar surface area (TPSA) is 42.3 Å². The number of aromatic nitrogens is 2. The van der Waals surface area contributed by atoms with E-state index in [-0.39, 0.29) is 0 Å². The Morgan fingerprint density at radius 1 is 1.39 bits per heavy atom. The van der Waals surface area contributed by atoms with Crippen molar-refractivity contribution in [1.29, 1.82) is 0 Å². The molecule has 1 heterocycles. The SMILES string of the molecule is CCN(CC)CCCNc1nccn1CCOC. The van der Waals surface area contributed by atoms with Crippen LogP contribution in [0, 0.1) is 0 Å². The Hall–Kier alpha value is -1.07. The van der Waals surface area contributed by atoms with Gasteiger partial charge < -0.3 is 19.5 Å². The lowest BCUT2D eigenvalue weighted by molar-refractivity contribution is 0.187. The van der Waals surface area contributed by atoms with E-state index in [4.69, 9.17) is 4.74 Å². The van der Waals surface area contributed by atoms with Crippen molar-refractivity contribution in [1.82, 2.24) is 14.5 Å². The number of ether oxygens (including phenoxy) is 1. The Morgan fingerprint density at radius 2 is 2.17 bits per heavy atom. The van der Waals surface area contributed by atoms with Crippen molar-refractivity contribution < 1.29 is 4.74 Å². The number of hydrogen-bond acceptors (Lipinski definition) is 4. The molecule has 0 aromatic carbocycles. The molecule has 0 atom stereocenters. The minimum Gasteiger partial charge on any atom is -0.383 e. The predicted molar refractivity (Wildman–Crippen MR) is 75.0 cm³/mol. The van der Waals surface area contributed by atoms with Gasteiger partial charge in [-0.1, -0.05) is 13.8 Å². The molecule has 1 aromatic rings. The molecule has 1 rings (SSSR count). The Bertz CT molecular complexity index is 310. The summed E-state index contributed by atoms with van der Waals surface area (Å²) < 4.78 is 7.16. The molecule has 5 nitrogen and oxygen atoms in total. The first kappa shape index (κ1) is 15.0. The molecule has 104 valence electrons. The van der Waals surface area contributed by atoms with Gasteiger partial charge in [0.15, 0.2) is 0 Å². The fraction of sp³-hybridized carbons (Fsp3) is 0.769. The third-order valence-electron chi connectivity index (χ3n) is 3.08. The minimum atomic E-state index is 0.713. The second kappa shape index (κ2) is 8.94. The molecule has 0 unspecified atom stereocenters. The van der Waals surface area contributed by atoms with E-state index < -0.39 is 0 Å². The van der Waals surface area contributed by atoms with Crippen molar-refractivity contribution in [3.8, 4) is 0 Å². The average Bonchev–Trinajstić information content (AvgIpc) is 2.84. The van der Waals surface area contributed by atoms with E-state index in [9.17, 15) is 0 Å². The summed E-state index contributed by atoms with van der Waals surface area (Å²) in [5.74, 6) is 0.937. The van der Waals surface area contributed by atoms with Gasteiger partial charge in [0, 0.05) is 32.6 Å². The third-order valence-corrected chi connectivity index (χ3v) is 3.08. The number of imidazole rings is 1. The zero-order valence-electron chi connectivity index (χ0n) is 11.9. The number of anilines is 1. The molecule has 0 spiro atoms. The smallest absolute Gasteiger partial charge is 0.202 e. The van der Waals surface area contributed by atoms with Gasteiger partial charge in [0.25, 0.3) is 0 Å². The minimum absolute atomic E-state index is 0.713. The maximum Gasteiger partial charge on any atom is 0.202 e. The van der Waals surface area contributed by atoms with Crippen molar-refractivity contribution in [2.75, 3.05) is 45.2 Å². The summed E-state index contributed by atoms with van der Waals surface area (Å²) in [6.45, 7) is 10.3. The van der Waals surface area contributed by atoms with Gasteiger partial charge in [-0.05, 0) is 26.1 Å². The fourth-order valence-corrected chi connectivity index (χ4v) is 1.89. The third kappa shape index (κ3) is 5.06. The van der Waals surface area contributed by atoms with Crippen LogP contribution >= 0.6 is 0 Å². The lowest BCUT2D eigenvalue weighted by Gasteiger charge is -2.18. The lowest BCUT2D eigenvalue weighted by Crippen LogP contribution is -2.25. The summed E-state index contributed by atoms with van der Waals surface area (Å²) in [6.07, 6.45) is 4.94. The van der Waals surface area contributed by atoms with Gasteiger partial charge in [0.05, 0.1) is 6.61 Å². The molecule has 0 fully saturated rings. The molecule has 0 saturated carbocycles. The van der Waals surface area contributed by atoms with Crippen LogP contribution in [0.5, 0.6) is 0 Å². The van der Waals surface area contributed by atoms with Crippen LogP contribution in [0.15, 0.2) is 12.4 Å². The summed E-state index contributed by atoms with van der Waals surface area (Å²) >= 11 is 0. The molecule has 0 radical (unpaired) electrons. The molecular formula is C13H26N4O. The summed E-state index contributed by atoms with van der Waals surface area (Å²) in [6, 6.07) is 0. The van der Waals surface area contributed by atoms with Crippen LogP contribution in [0.25, 0.3) is 0 Å². The van der Waals surface area contributed by atoms with Crippen molar-refractivity contribution in [2.24, 2.45) is 0 Å². The van der Waals surface area contributed by atoms with Crippen molar-refractivity contribution >= 4 is 5.95 Å². The van der Waals surface area contributed by atoms with E-state index in [0.717, 1.165) is 45.1 Å². The number of rotatable bonds is 10. The standard InChI is InChI=1S/C13H26N4O/c1-4-16(5-2)9-6-7-14-13-15-8-10-17(13)11-12-18-3/h8,10H,4-7,9,11-12H2,1-3H3,(H,14,15). The molecule has 5 heteroatoms.